The molecule has 0 fully saturated rings. The molecule has 0 bridgehead atoms. The van der Waals surface area contributed by atoms with Gasteiger partial charge in [0.2, 0.25) is 0 Å². The predicted molar refractivity (Wildman–Crippen MR) is 51.6 cm³/mol. The summed E-state index contributed by atoms with van der Waals surface area (Å²) in [5, 5.41) is 4.23. The fourth-order valence-corrected chi connectivity index (χ4v) is 1.43. The molecule has 0 aliphatic carbocycles. The molecule has 2 rings (SSSR count). The van der Waals surface area contributed by atoms with Gasteiger partial charge in [0.1, 0.15) is 0 Å². The summed E-state index contributed by atoms with van der Waals surface area (Å²) in [6, 6.07) is 3.96. The summed E-state index contributed by atoms with van der Waals surface area (Å²) >= 11 is 0. The summed E-state index contributed by atoms with van der Waals surface area (Å²) in [6.45, 7) is 2.20. The summed E-state index contributed by atoms with van der Waals surface area (Å²) < 4.78 is 1.91. The maximum absolute atomic E-state index is 4.23. The Bertz CT molecular complexity index is 392. The lowest BCUT2D eigenvalue weighted by molar-refractivity contribution is 0.739. The lowest BCUT2D eigenvalue weighted by Gasteiger charge is -2.01. The van der Waals surface area contributed by atoms with Crippen LogP contribution in [0.3, 0.4) is 0 Å². The molecule has 0 N–H and O–H groups in total. The number of fused-ring (bicyclic) bond motifs is 1. The van der Waals surface area contributed by atoms with Gasteiger partial charge in [-0.1, -0.05) is 13.3 Å². The topological polar surface area (TPSA) is 30.2 Å². The SMILES string of the molecule is CCCCc1ccnc2ccnn12. The number of hydrogen-bond donors (Lipinski definition) is 0. The molecule has 2 heterocycles. The monoisotopic (exact) mass is 175 g/mol. The van der Waals surface area contributed by atoms with Gasteiger partial charge in [-0.05, 0) is 18.9 Å². The van der Waals surface area contributed by atoms with Crippen LogP contribution in [0.2, 0.25) is 0 Å². The predicted octanol–water partition coefficient (Wildman–Crippen LogP) is 2.07. The average molecular weight is 175 g/mol. The van der Waals surface area contributed by atoms with Crippen molar-refractivity contribution in [3.63, 3.8) is 0 Å². The second kappa shape index (κ2) is 3.56. The highest BCUT2D eigenvalue weighted by molar-refractivity contribution is 5.36. The van der Waals surface area contributed by atoms with E-state index in [4.69, 9.17) is 0 Å². The number of rotatable bonds is 3. The van der Waals surface area contributed by atoms with Gasteiger partial charge in [0, 0.05) is 18.0 Å². The Hall–Kier alpha value is -1.38. The first-order valence-corrected chi connectivity index (χ1v) is 4.69. The Balaban J connectivity index is 2.37. The number of nitrogens with zero attached hydrogens (tertiary/aromatic N) is 3. The molecule has 2 aromatic heterocycles. The van der Waals surface area contributed by atoms with Gasteiger partial charge in [-0.3, -0.25) is 0 Å². The molecule has 0 atom stereocenters. The molecule has 0 radical (unpaired) electrons. The summed E-state index contributed by atoms with van der Waals surface area (Å²) in [5.41, 5.74) is 2.19. The summed E-state index contributed by atoms with van der Waals surface area (Å²) in [4.78, 5) is 4.21. The first kappa shape index (κ1) is 8.23. The van der Waals surface area contributed by atoms with Crippen molar-refractivity contribution in [2.75, 3.05) is 0 Å². The highest BCUT2D eigenvalue weighted by Gasteiger charge is 1.99. The fraction of sp³-hybridized carbons (Fsp3) is 0.400. The number of aryl methyl sites for hydroxylation is 1. The third-order valence-electron chi connectivity index (χ3n) is 2.16. The van der Waals surface area contributed by atoms with Crippen LogP contribution in [0.25, 0.3) is 5.65 Å². The van der Waals surface area contributed by atoms with Crippen LogP contribution in [-0.2, 0) is 6.42 Å². The van der Waals surface area contributed by atoms with Gasteiger partial charge in [-0.15, -0.1) is 0 Å². The van der Waals surface area contributed by atoms with Gasteiger partial charge < -0.3 is 0 Å². The van der Waals surface area contributed by atoms with Crippen molar-refractivity contribution < 1.29 is 0 Å². The van der Waals surface area contributed by atoms with Gasteiger partial charge in [-0.2, -0.15) is 5.10 Å². The molecule has 0 unspecified atom stereocenters. The van der Waals surface area contributed by atoms with E-state index in [0.717, 1.165) is 12.1 Å². The molecular weight excluding hydrogens is 162 g/mol. The smallest absolute Gasteiger partial charge is 0.155 e. The molecule has 0 aromatic carbocycles. The van der Waals surface area contributed by atoms with E-state index < -0.39 is 0 Å². The van der Waals surface area contributed by atoms with E-state index in [1.807, 2.05) is 22.8 Å². The van der Waals surface area contributed by atoms with Crippen molar-refractivity contribution in [3.8, 4) is 0 Å². The van der Waals surface area contributed by atoms with Crippen molar-refractivity contribution in [1.29, 1.82) is 0 Å². The van der Waals surface area contributed by atoms with Crippen LogP contribution < -0.4 is 0 Å². The standard InChI is InChI=1S/C10H13N3/c1-2-3-4-9-5-7-11-10-6-8-12-13(9)10/h5-8H,2-4H2,1H3. The summed E-state index contributed by atoms with van der Waals surface area (Å²) in [6.07, 6.45) is 7.14. The Labute approximate surface area is 77.4 Å². The van der Waals surface area contributed by atoms with E-state index in [9.17, 15) is 0 Å². The van der Waals surface area contributed by atoms with Crippen LogP contribution in [0.1, 0.15) is 25.5 Å². The fourth-order valence-electron chi connectivity index (χ4n) is 1.43. The van der Waals surface area contributed by atoms with Crippen LogP contribution in [0, 0.1) is 0 Å². The Kier molecular flexibility index (Phi) is 2.25. The van der Waals surface area contributed by atoms with Gasteiger partial charge in [-0.25, -0.2) is 9.50 Å². The van der Waals surface area contributed by atoms with E-state index >= 15 is 0 Å². The molecule has 0 saturated heterocycles. The van der Waals surface area contributed by atoms with Crippen molar-refractivity contribution in [2.24, 2.45) is 0 Å². The molecule has 2 aromatic rings. The molecule has 0 amide bonds. The van der Waals surface area contributed by atoms with Crippen LogP contribution in [-0.4, -0.2) is 14.6 Å². The van der Waals surface area contributed by atoms with Gasteiger partial charge >= 0.3 is 0 Å². The van der Waals surface area contributed by atoms with Crippen LogP contribution in [0.15, 0.2) is 24.5 Å². The Morgan fingerprint density at radius 1 is 1.31 bits per heavy atom. The number of hydrogen-bond acceptors (Lipinski definition) is 2. The first-order valence-electron chi connectivity index (χ1n) is 4.69. The van der Waals surface area contributed by atoms with Gasteiger partial charge in [0.05, 0.1) is 6.20 Å². The van der Waals surface area contributed by atoms with Crippen molar-refractivity contribution in [2.45, 2.75) is 26.2 Å². The second-order valence-corrected chi connectivity index (χ2v) is 3.14. The zero-order chi connectivity index (χ0) is 9.10. The van der Waals surface area contributed by atoms with Gasteiger partial charge in [0.15, 0.2) is 5.65 Å². The highest BCUT2D eigenvalue weighted by atomic mass is 15.2. The lowest BCUT2D eigenvalue weighted by atomic mass is 10.2. The second-order valence-electron chi connectivity index (χ2n) is 3.14. The maximum atomic E-state index is 4.23. The van der Waals surface area contributed by atoms with E-state index in [0.29, 0.717) is 0 Å². The number of aromatic nitrogens is 3. The molecule has 13 heavy (non-hydrogen) atoms. The molecule has 0 aliphatic rings. The molecule has 0 aliphatic heterocycles. The third kappa shape index (κ3) is 1.54. The van der Waals surface area contributed by atoms with Crippen LogP contribution in [0.4, 0.5) is 0 Å². The van der Waals surface area contributed by atoms with Crippen molar-refractivity contribution >= 4 is 5.65 Å². The summed E-state index contributed by atoms with van der Waals surface area (Å²) in [5.74, 6) is 0. The normalized spacial score (nSPS) is 10.8. The van der Waals surface area contributed by atoms with Crippen LogP contribution >= 0.6 is 0 Å². The van der Waals surface area contributed by atoms with E-state index in [1.165, 1.54) is 18.5 Å². The molecular formula is C10H13N3. The van der Waals surface area contributed by atoms with E-state index in [-0.39, 0.29) is 0 Å². The first-order chi connectivity index (χ1) is 6.42. The summed E-state index contributed by atoms with van der Waals surface area (Å²) in [7, 11) is 0. The quantitative estimate of drug-likeness (QED) is 0.714. The lowest BCUT2D eigenvalue weighted by Crippen LogP contribution is -1.99. The molecule has 3 heteroatoms. The van der Waals surface area contributed by atoms with E-state index in [2.05, 4.69) is 17.0 Å². The Morgan fingerprint density at radius 2 is 2.23 bits per heavy atom. The highest BCUT2D eigenvalue weighted by Crippen LogP contribution is 2.06. The molecule has 68 valence electrons. The van der Waals surface area contributed by atoms with Gasteiger partial charge in [0.25, 0.3) is 0 Å². The molecule has 0 saturated carbocycles. The van der Waals surface area contributed by atoms with Crippen molar-refractivity contribution in [3.05, 3.63) is 30.2 Å². The largest absolute Gasteiger partial charge is 0.237 e. The Morgan fingerprint density at radius 3 is 3.08 bits per heavy atom. The molecule has 0 spiro atoms. The maximum Gasteiger partial charge on any atom is 0.155 e. The minimum atomic E-state index is 0.939. The minimum Gasteiger partial charge on any atom is -0.237 e. The zero-order valence-corrected chi connectivity index (χ0v) is 7.77. The van der Waals surface area contributed by atoms with Crippen molar-refractivity contribution in [1.82, 2.24) is 14.6 Å². The van der Waals surface area contributed by atoms with E-state index in [1.54, 1.807) is 6.20 Å². The minimum absolute atomic E-state index is 0.939. The zero-order valence-electron chi connectivity index (χ0n) is 7.77. The molecule has 3 nitrogen and oxygen atoms in total. The number of unbranched alkanes of at least 4 members (excludes halogenated alkanes) is 1. The van der Waals surface area contributed by atoms with Crippen LogP contribution in [0.5, 0.6) is 0 Å². The third-order valence-corrected chi connectivity index (χ3v) is 2.16. The average Bonchev–Trinajstić information content (AvgIpc) is 2.62.